The topological polar surface area (TPSA) is 84.1 Å². The van der Waals surface area contributed by atoms with E-state index in [0.717, 1.165) is 5.56 Å². The molecule has 2 fully saturated rings. The maximum atomic E-state index is 13.2. The molecule has 1 aliphatic heterocycles. The molecule has 1 N–H and O–H groups in total. The van der Waals surface area contributed by atoms with Crippen LogP contribution in [0.3, 0.4) is 0 Å². The number of fused-ring (bicyclic) bond motifs is 1. The van der Waals surface area contributed by atoms with Crippen molar-refractivity contribution in [3.05, 3.63) is 35.8 Å². The molecule has 9 heteroatoms. The van der Waals surface area contributed by atoms with Gasteiger partial charge in [-0.15, -0.1) is 5.10 Å². The van der Waals surface area contributed by atoms with Crippen molar-refractivity contribution in [1.29, 1.82) is 0 Å². The van der Waals surface area contributed by atoms with E-state index >= 15 is 0 Å². The monoisotopic (exact) mass is 321 g/mol. The lowest BCUT2D eigenvalue weighted by Crippen LogP contribution is -2.28. The summed E-state index contributed by atoms with van der Waals surface area (Å²) in [6.45, 7) is 1.03. The summed E-state index contributed by atoms with van der Waals surface area (Å²) < 4.78 is 27.8. The Hall–Kier alpha value is -2.58. The standard InChI is InChI=1S/C14H13F2N5O2/c15-14(16)9-5-20(6-10(9)14)12-2-1-8(3-17-12)4-21-7-11(13(22)23)18-19-21/h1-3,7,9-10H,4-6H2,(H,22,23). The summed E-state index contributed by atoms with van der Waals surface area (Å²) in [5.74, 6) is -4.01. The fraction of sp³-hybridized carbons (Fsp3) is 0.429. The Morgan fingerprint density at radius 2 is 2.09 bits per heavy atom. The average Bonchev–Trinajstić information content (AvgIpc) is 2.99. The molecule has 4 rings (SSSR count). The second kappa shape index (κ2) is 4.71. The summed E-state index contributed by atoms with van der Waals surface area (Å²) in [6, 6.07) is 3.61. The Bertz CT molecular complexity index is 747. The van der Waals surface area contributed by atoms with Crippen LogP contribution >= 0.6 is 0 Å². The van der Waals surface area contributed by atoms with Crippen molar-refractivity contribution in [3.8, 4) is 0 Å². The molecular weight excluding hydrogens is 308 g/mol. The predicted molar refractivity (Wildman–Crippen MR) is 74.5 cm³/mol. The Morgan fingerprint density at radius 1 is 1.35 bits per heavy atom. The number of carbonyl (C=O) groups is 1. The molecule has 0 spiro atoms. The van der Waals surface area contributed by atoms with Crippen LogP contribution in [-0.2, 0) is 6.54 Å². The highest BCUT2D eigenvalue weighted by Crippen LogP contribution is 2.59. The molecule has 0 bridgehead atoms. The van der Waals surface area contributed by atoms with Gasteiger partial charge in [0.05, 0.1) is 24.6 Å². The average molecular weight is 321 g/mol. The first-order chi connectivity index (χ1) is 10.9. The number of halogens is 2. The molecule has 1 saturated carbocycles. The summed E-state index contributed by atoms with van der Waals surface area (Å²) in [5.41, 5.74) is 0.706. The molecule has 1 aliphatic carbocycles. The fourth-order valence-corrected chi connectivity index (χ4v) is 3.05. The smallest absolute Gasteiger partial charge is 0.358 e. The van der Waals surface area contributed by atoms with Gasteiger partial charge in [-0.2, -0.15) is 0 Å². The van der Waals surface area contributed by atoms with Crippen LogP contribution in [0.5, 0.6) is 0 Å². The fourth-order valence-electron chi connectivity index (χ4n) is 3.05. The zero-order valence-electron chi connectivity index (χ0n) is 11.9. The van der Waals surface area contributed by atoms with Crippen molar-refractivity contribution in [1.82, 2.24) is 20.0 Å². The van der Waals surface area contributed by atoms with Gasteiger partial charge in [-0.25, -0.2) is 23.2 Å². The van der Waals surface area contributed by atoms with Crippen LogP contribution in [0.4, 0.5) is 14.6 Å². The lowest BCUT2D eigenvalue weighted by molar-refractivity contribution is 0.0689. The third-order valence-electron chi connectivity index (χ3n) is 4.43. The first kappa shape index (κ1) is 14.0. The van der Waals surface area contributed by atoms with Crippen LogP contribution in [0.1, 0.15) is 16.1 Å². The van der Waals surface area contributed by atoms with Crippen molar-refractivity contribution in [2.24, 2.45) is 11.8 Å². The number of carboxylic acids is 1. The quantitative estimate of drug-likeness (QED) is 0.908. The molecular formula is C14H13F2N5O2. The number of aromatic nitrogens is 4. The number of nitrogens with zero attached hydrogens (tertiary/aromatic N) is 5. The second-order valence-corrected chi connectivity index (χ2v) is 5.92. The zero-order chi connectivity index (χ0) is 16.2. The van der Waals surface area contributed by atoms with Gasteiger partial charge in [0, 0.05) is 19.3 Å². The Kier molecular flexibility index (Phi) is 2.87. The zero-order valence-corrected chi connectivity index (χ0v) is 11.9. The van der Waals surface area contributed by atoms with Crippen molar-refractivity contribution in [3.63, 3.8) is 0 Å². The lowest BCUT2D eigenvalue weighted by Gasteiger charge is -2.20. The van der Waals surface area contributed by atoms with Crippen molar-refractivity contribution < 1.29 is 18.7 Å². The number of hydrogen-bond donors (Lipinski definition) is 1. The normalized spacial score (nSPS) is 24.5. The van der Waals surface area contributed by atoms with E-state index in [2.05, 4.69) is 15.3 Å². The lowest BCUT2D eigenvalue weighted by atomic mass is 10.2. The minimum atomic E-state index is -2.49. The van der Waals surface area contributed by atoms with Gasteiger partial charge in [-0.05, 0) is 11.6 Å². The highest BCUT2D eigenvalue weighted by molar-refractivity contribution is 5.84. The number of alkyl halides is 2. The molecule has 3 heterocycles. The molecule has 2 aromatic rings. The van der Waals surface area contributed by atoms with Gasteiger partial charge in [-0.3, -0.25) is 0 Å². The minimum Gasteiger partial charge on any atom is -0.476 e. The molecule has 2 aliphatic rings. The van der Waals surface area contributed by atoms with Crippen molar-refractivity contribution in [2.45, 2.75) is 12.5 Å². The molecule has 120 valence electrons. The van der Waals surface area contributed by atoms with E-state index in [0.29, 0.717) is 25.5 Å². The van der Waals surface area contributed by atoms with Crippen LogP contribution in [-0.4, -0.2) is 50.1 Å². The van der Waals surface area contributed by atoms with E-state index in [4.69, 9.17) is 5.11 Å². The van der Waals surface area contributed by atoms with Gasteiger partial charge < -0.3 is 10.0 Å². The third kappa shape index (κ3) is 2.32. The Morgan fingerprint density at radius 3 is 2.65 bits per heavy atom. The number of pyridine rings is 1. The highest BCUT2D eigenvalue weighted by Gasteiger charge is 2.71. The van der Waals surface area contributed by atoms with Crippen molar-refractivity contribution in [2.75, 3.05) is 18.0 Å². The SMILES string of the molecule is O=C(O)c1cn(Cc2ccc(N3CC4C(C3)C4(F)F)nc2)nn1. The van der Waals surface area contributed by atoms with E-state index in [1.54, 1.807) is 12.3 Å². The largest absolute Gasteiger partial charge is 0.476 e. The Balaban J connectivity index is 1.41. The van der Waals surface area contributed by atoms with Gasteiger partial charge in [-0.1, -0.05) is 11.3 Å². The highest BCUT2D eigenvalue weighted by atomic mass is 19.3. The van der Waals surface area contributed by atoms with E-state index in [-0.39, 0.29) is 5.69 Å². The summed E-state index contributed by atoms with van der Waals surface area (Å²) in [5, 5.41) is 16.1. The van der Waals surface area contributed by atoms with Crippen LogP contribution in [0, 0.1) is 11.8 Å². The number of hydrogen-bond acceptors (Lipinski definition) is 5. The summed E-state index contributed by atoms with van der Waals surface area (Å²) in [4.78, 5) is 16.9. The maximum Gasteiger partial charge on any atom is 0.358 e. The number of anilines is 1. The first-order valence-corrected chi connectivity index (χ1v) is 7.16. The summed E-state index contributed by atoms with van der Waals surface area (Å²) in [7, 11) is 0. The van der Waals surface area contributed by atoms with E-state index in [1.807, 2.05) is 11.0 Å². The molecule has 1 saturated heterocycles. The number of carboxylic acid groups (broad SMARTS) is 1. The molecule has 2 aromatic heterocycles. The van der Waals surface area contributed by atoms with E-state index in [9.17, 15) is 13.6 Å². The minimum absolute atomic E-state index is 0.119. The van der Waals surface area contributed by atoms with Crippen LogP contribution in [0.25, 0.3) is 0 Å². The summed E-state index contributed by atoms with van der Waals surface area (Å²) in [6.07, 6.45) is 2.98. The van der Waals surface area contributed by atoms with Crippen molar-refractivity contribution >= 4 is 11.8 Å². The second-order valence-electron chi connectivity index (χ2n) is 5.92. The van der Waals surface area contributed by atoms with Gasteiger partial charge >= 0.3 is 5.97 Å². The molecule has 2 unspecified atom stereocenters. The molecule has 7 nitrogen and oxygen atoms in total. The molecule has 0 amide bonds. The molecule has 23 heavy (non-hydrogen) atoms. The maximum absolute atomic E-state index is 13.2. The van der Waals surface area contributed by atoms with Gasteiger partial charge in [0.1, 0.15) is 5.82 Å². The van der Waals surface area contributed by atoms with E-state index < -0.39 is 23.7 Å². The number of piperidine rings is 1. The Labute approximate surface area is 129 Å². The third-order valence-corrected chi connectivity index (χ3v) is 4.43. The van der Waals surface area contributed by atoms with Gasteiger partial charge in [0.25, 0.3) is 5.92 Å². The molecule has 2 atom stereocenters. The predicted octanol–water partition coefficient (Wildman–Crippen LogP) is 1.12. The van der Waals surface area contributed by atoms with Crippen LogP contribution in [0.2, 0.25) is 0 Å². The number of aromatic carboxylic acids is 1. The first-order valence-electron chi connectivity index (χ1n) is 7.16. The number of rotatable bonds is 4. The van der Waals surface area contributed by atoms with Crippen LogP contribution < -0.4 is 4.90 Å². The molecule has 0 aromatic carbocycles. The molecule has 0 radical (unpaired) electrons. The summed E-state index contributed by atoms with van der Waals surface area (Å²) >= 11 is 0. The van der Waals surface area contributed by atoms with Gasteiger partial charge in [0.2, 0.25) is 0 Å². The van der Waals surface area contributed by atoms with E-state index in [1.165, 1.54) is 10.9 Å². The van der Waals surface area contributed by atoms with Gasteiger partial charge in [0.15, 0.2) is 5.69 Å². The van der Waals surface area contributed by atoms with Crippen LogP contribution in [0.15, 0.2) is 24.5 Å².